The molecule has 8 nitrogen and oxygen atoms in total. The van der Waals surface area contributed by atoms with Crippen LogP contribution in [-0.4, -0.2) is 33.1 Å². The number of hydrogen-bond donors (Lipinski definition) is 1. The van der Waals surface area contributed by atoms with Gasteiger partial charge < -0.3 is 36.7 Å². The maximum absolute atomic E-state index is 6.57. The molecule has 10 heteroatoms. The molecule has 0 amide bonds. The van der Waals surface area contributed by atoms with Crippen LogP contribution >= 0.6 is 30.5 Å². The van der Waals surface area contributed by atoms with Crippen LogP contribution in [0.2, 0.25) is 0 Å². The summed E-state index contributed by atoms with van der Waals surface area (Å²) in [5.74, 6) is 1.91. The first-order chi connectivity index (χ1) is 73.0. The molecule has 0 bridgehead atoms. The van der Waals surface area contributed by atoms with Gasteiger partial charge in [-0.25, -0.2) is 0 Å². The Hall–Kier alpha value is -16.0. The Morgan fingerprint density at radius 2 is 0.534 bits per heavy atom. The molecule has 0 unspecified atom stereocenters. The van der Waals surface area contributed by atoms with E-state index >= 15 is 0 Å². The highest BCUT2D eigenvalue weighted by atomic mass is 127. The van der Waals surface area contributed by atoms with Crippen LogP contribution in [0.3, 0.4) is 0 Å². The third-order valence-electron chi connectivity index (χ3n) is 29.9. The van der Waals surface area contributed by atoms with Crippen LogP contribution in [0.15, 0.2) is 461 Å². The van der Waals surface area contributed by atoms with Gasteiger partial charge in [-0.1, -0.05) is 380 Å². The lowest BCUT2D eigenvalue weighted by molar-refractivity contribution is 0.231. The van der Waals surface area contributed by atoms with Gasteiger partial charge in [-0.15, -0.1) is 0 Å². The van der Waals surface area contributed by atoms with Crippen molar-refractivity contribution in [1.82, 2.24) is 9.55 Å². The van der Waals surface area contributed by atoms with Gasteiger partial charge in [0.2, 0.25) is 0 Å². The number of furan rings is 4. The summed E-state index contributed by atoms with van der Waals surface area (Å²) < 4.78 is 42.6. The summed E-state index contributed by atoms with van der Waals surface area (Å²) in [4.78, 5) is 3.89. The molecule has 0 aliphatic heterocycles. The minimum Gasteiger partial charge on any atom is -0.490 e. The van der Waals surface area contributed by atoms with Gasteiger partial charge in [0.15, 0.2) is 0 Å². The summed E-state index contributed by atoms with van der Waals surface area (Å²) in [5.41, 5.74) is 25.5. The second-order valence-corrected chi connectivity index (χ2v) is 43.9. The number of H-pyrrole nitrogens is 1. The number of nitrogens with one attached hydrogen (secondary N) is 1. The van der Waals surface area contributed by atoms with Gasteiger partial charge in [0.1, 0.15) is 56.2 Å². The van der Waals surface area contributed by atoms with Gasteiger partial charge >= 0.3 is 0 Å². The molecule has 6 aromatic heterocycles. The third-order valence-corrected chi connectivity index (χ3v) is 34.2. The van der Waals surface area contributed by atoms with Crippen molar-refractivity contribution in [3.8, 4) is 72.8 Å². The number of fused-ring (bicyclic) bond motifs is 26. The normalized spacial score (nSPS) is 13.2. The Bertz CT molecular complexity index is 9220. The molecule has 20 aromatic carbocycles. The highest BCUT2D eigenvalue weighted by molar-refractivity contribution is 14.1. The van der Waals surface area contributed by atoms with E-state index in [2.05, 4.69) is 448 Å². The van der Waals surface area contributed by atoms with Crippen LogP contribution in [0.1, 0.15) is 91.9 Å². The van der Waals surface area contributed by atoms with Crippen LogP contribution in [-0.2, 0) is 0 Å². The molecule has 0 atom stereocenters. The minimum absolute atomic E-state index is 0.128. The van der Waals surface area contributed by atoms with Crippen molar-refractivity contribution in [2.45, 2.75) is 115 Å². The van der Waals surface area contributed by atoms with Crippen LogP contribution in [0.5, 0.6) is 11.5 Å². The number of rotatable bonds is 13. The quantitative estimate of drug-likeness (QED) is 0.0913. The molecule has 0 spiro atoms. The van der Waals surface area contributed by atoms with E-state index in [0.29, 0.717) is 0 Å². The fraction of sp³-hybridized carbons (Fsp3) is 0.130. The van der Waals surface area contributed by atoms with Gasteiger partial charge in [-0.2, -0.15) is 0 Å². The van der Waals surface area contributed by atoms with E-state index in [-0.39, 0.29) is 20.1 Å². The monoisotopic (exact) mass is 2050 g/mol. The second kappa shape index (κ2) is 40.8. The molecule has 0 saturated heterocycles. The van der Waals surface area contributed by atoms with Crippen LogP contribution in [0.4, 0.5) is 0 Å². The number of aromatic amines is 1. The molecule has 1 N–H and O–H groups in total. The molecular formula is C138H110IN2O6P. The summed E-state index contributed by atoms with van der Waals surface area (Å²) in [6.45, 7) is 8.45. The molecule has 2 saturated carbocycles. The lowest BCUT2D eigenvalue weighted by Crippen LogP contribution is -2.27. The van der Waals surface area contributed by atoms with Gasteiger partial charge in [0.25, 0.3) is 0 Å². The lowest BCUT2D eigenvalue weighted by Gasteiger charge is -2.39. The maximum Gasteiger partial charge on any atom is 0.143 e. The number of para-hydroxylation sites is 9. The van der Waals surface area contributed by atoms with E-state index in [1.165, 1.54) is 116 Å². The third kappa shape index (κ3) is 17.7. The molecule has 720 valence electrons. The highest BCUT2D eigenvalue weighted by Crippen LogP contribution is 2.58. The average molecular weight is 2050 g/mol. The first-order valence-corrected chi connectivity index (χ1v) is 54.8. The van der Waals surface area contributed by atoms with Gasteiger partial charge in [-0.3, -0.25) is 0 Å². The Balaban J connectivity index is 0.000000115. The fourth-order valence-electron chi connectivity index (χ4n) is 23.4. The number of hydrogen-bond acceptors (Lipinski definition) is 6. The number of halogens is 1. The highest BCUT2D eigenvalue weighted by Gasteiger charge is 2.35. The molecule has 2 fully saturated rings. The van der Waals surface area contributed by atoms with Crippen molar-refractivity contribution in [1.29, 1.82) is 0 Å². The van der Waals surface area contributed by atoms with E-state index in [9.17, 15) is 0 Å². The van der Waals surface area contributed by atoms with Crippen LogP contribution in [0, 0.1) is 3.57 Å². The topological polar surface area (TPSA) is 91.7 Å². The van der Waals surface area contributed by atoms with Gasteiger partial charge in [0, 0.05) is 107 Å². The van der Waals surface area contributed by atoms with E-state index in [1.54, 1.807) is 5.30 Å². The zero-order chi connectivity index (χ0) is 99.2. The zero-order valence-electron chi connectivity index (χ0n) is 83.2. The lowest BCUT2D eigenvalue weighted by atomic mass is 9.97. The number of nitrogens with zero attached hydrogens (tertiary/aromatic N) is 1. The Morgan fingerprint density at radius 1 is 0.257 bits per heavy atom. The molecule has 0 radical (unpaired) electrons. The molecule has 2 aliphatic rings. The second-order valence-electron chi connectivity index (χ2n) is 39.9. The fourth-order valence-corrected chi connectivity index (χ4v) is 27.7. The number of ether oxygens (including phenoxy) is 2. The molecule has 148 heavy (non-hydrogen) atoms. The predicted molar refractivity (Wildman–Crippen MR) is 636 cm³/mol. The first-order valence-electron chi connectivity index (χ1n) is 52.2. The van der Waals surface area contributed by atoms with Crippen molar-refractivity contribution < 1.29 is 27.1 Å². The van der Waals surface area contributed by atoms with Crippen LogP contribution < -0.4 is 14.8 Å². The smallest absolute Gasteiger partial charge is 0.143 e. The summed E-state index contributed by atoms with van der Waals surface area (Å²) in [6, 6.07) is 158. The molecular weight excluding hydrogens is 1940 g/mol. The van der Waals surface area contributed by atoms with E-state index < -0.39 is 0 Å². The standard InChI is InChI=1S/C54H33NO2.C48H29NO2.C30H43O2P.C6H5I/c1-2-14-36(15-3-1)55-49-30-28-34(37-22-12-24-45-43-20-8-10-26-51(43)56-53(37)45)32-47(49)41-18-6-4-16-39(41)40-17-5-7-19-42(40)48-33-35(29-31-50(48)55)38-23-13-25-46-44-21-9-11-27-52(44)57-54(38)46;1-3-13-35-33(11-1)34-12-2-4-14-36(34)42-28-30(32-18-10-20-40-38-16-6-8-22-46(38)51-48(32)40)24-26-44(42)49-43-25-23-29(27-41(35)43)31-17-9-19-39-37-15-5-7-21-45(37)50-47(31)39;1-22(2)31-27-19-13-20-28(32-23(3)4)30(27)26-18-11-12-21-29(26)33(24-14-7-5-8-15-24)25-16-9-6-10-17-25;7-6-4-2-1-3-5-6/h1-33H;1-28,49H;11-13,18-25H,5-10,14-17H2,1-4H3;1-5H. The van der Waals surface area contributed by atoms with Gasteiger partial charge in [-0.05, 0) is 273 Å². The maximum atomic E-state index is 6.57. The summed E-state index contributed by atoms with van der Waals surface area (Å²) in [5, 5.41) is 24.6. The van der Waals surface area contributed by atoms with Crippen molar-refractivity contribution >= 4 is 210 Å². The van der Waals surface area contributed by atoms with E-state index in [0.717, 1.165) is 210 Å². The first kappa shape index (κ1) is 93.0. The Morgan fingerprint density at radius 3 is 0.878 bits per heavy atom. The Kier molecular flexibility index (Phi) is 25.6. The predicted octanol–water partition coefficient (Wildman–Crippen LogP) is 40.2. The van der Waals surface area contributed by atoms with Crippen molar-refractivity contribution in [2.75, 3.05) is 0 Å². The molecule has 28 rings (SSSR count). The van der Waals surface area contributed by atoms with E-state index in [4.69, 9.17) is 27.1 Å². The van der Waals surface area contributed by atoms with Crippen molar-refractivity contribution in [3.05, 3.63) is 446 Å². The van der Waals surface area contributed by atoms with Crippen molar-refractivity contribution in [2.24, 2.45) is 0 Å². The van der Waals surface area contributed by atoms with Crippen molar-refractivity contribution in [3.63, 3.8) is 0 Å². The molecule has 26 aromatic rings. The summed E-state index contributed by atoms with van der Waals surface area (Å²) in [7, 11) is -0.213. The SMILES string of the molecule is CC(C)Oc1cccc(OC(C)C)c1-c1ccccc1P(C1CCCCC1)C1CCCCC1.Ic1ccccc1.c1ccc(-n2c3ccc(-c4cccc5c4oc4ccccc45)cc3c3ccccc3c3ccccc3c3cc(-c4cccc5c4oc4ccccc45)ccc32)cc1.c1ccc2c(c1)oc1c(-c3ccc4[nH]c5ccc(-c6cccc7c6oc6ccccc67)cc5c5ccccc5c5ccccc5c4c3)cccc12. The average Bonchev–Trinajstić information content (AvgIpc) is 1.46. The minimum atomic E-state index is -0.213. The van der Waals surface area contributed by atoms with Crippen LogP contribution in [0.25, 0.3) is 236 Å². The van der Waals surface area contributed by atoms with E-state index in [1.807, 2.05) is 54.6 Å². The Labute approximate surface area is 874 Å². The number of benzene rings is 20. The summed E-state index contributed by atoms with van der Waals surface area (Å²) in [6.07, 6.45) is 14.4. The summed E-state index contributed by atoms with van der Waals surface area (Å²) >= 11 is 2.28. The molecule has 2 aliphatic carbocycles. The molecule has 6 heterocycles. The largest absolute Gasteiger partial charge is 0.490 e. The number of aromatic nitrogens is 2. The van der Waals surface area contributed by atoms with Gasteiger partial charge in [0.05, 0.1) is 28.8 Å². The zero-order valence-corrected chi connectivity index (χ0v) is 86.3.